The third-order valence-corrected chi connectivity index (χ3v) is 9.43. The van der Waals surface area contributed by atoms with E-state index < -0.39 is 122 Å². The number of nitrogens with zero attached hydrogens (tertiary/aromatic N) is 2. The molecule has 4 aromatic rings. The van der Waals surface area contributed by atoms with Crippen LogP contribution in [-0.4, -0.2) is 44.3 Å². The zero-order chi connectivity index (χ0) is 42.9. The number of nitro groups is 2. The minimum Gasteiger partial charge on any atom is -0.502 e. The molecule has 0 fully saturated rings. The third kappa shape index (κ3) is 7.13. The predicted molar refractivity (Wildman–Crippen MR) is 169 cm³/mol. The fraction of sp³-hybridized carbons (Fsp3) is 0.314. The van der Waals surface area contributed by atoms with Crippen LogP contribution >= 0.6 is 0 Å². The Morgan fingerprint density at radius 2 is 0.825 bits per heavy atom. The first kappa shape index (κ1) is 42.4. The van der Waals surface area contributed by atoms with E-state index in [-0.39, 0.29) is 46.5 Å². The Morgan fingerprint density at radius 3 is 1.12 bits per heavy atom. The normalized spacial score (nSPS) is 14.6. The lowest BCUT2D eigenvalue weighted by atomic mass is 9.66. The van der Waals surface area contributed by atoms with Crippen LogP contribution in [-0.2, 0) is 17.3 Å². The van der Waals surface area contributed by atoms with Gasteiger partial charge in [0.25, 0.3) is 0 Å². The van der Waals surface area contributed by atoms with Crippen LogP contribution in [0.25, 0.3) is 11.1 Å². The van der Waals surface area contributed by atoms with Crippen LogP contribution in [0.15, 0.2) is 72.8 Å². The molecule has 0 radical (unpaired) electrons. The lowest BCUT2D eigenvalue weighted by Crippen LogP contribution is -2.40. The van der Waals surface area contributed by atoms with Crippen LogP contribution in [0.5, 0.6) is 11.5 Å². The van der Waals surface area contributed by atoms with Crippen molar-refractivity contribution in [3.05, 3.63) is 126 Å². The molecule has 0 bridgehead atoms. The number of rotatable bonds is 12. The third-order valence-electron chi connectivity index (χ3n) is 9.43. The number of aromatic hydroxyl groups is 2. The Bertz CT molecular complexity index is 2100. The largest absolute Gasteiger partial charge is 0.502 e. The molecule has 22 heteroatoms. The van der Waals surface area contributed by atoms with Gasteiger partial charge in [-0.3, -0.25) is 20.2 Å². The minimum absolute atomic E-state index is 0.0211. The SMILES string of the molecule is O=[N+]([O-])c1cc(C2(c3cc([N+](=O)[O-])c(O)c(C(F)(F)C(F)(F)CCC(F)(F)F)c3)c3ccccc3-c3ccccc32)cc(C(F)(F)C(F)(F)CCC(F)(F)F)c1O. The summed E-state index contributed by atoms with van der Waals surface area (Å²) in [5.74, 6) is -27.7. The molecule has 1 aliphatic carbocycles. The average molecular weight is 833 g/mol. The molecular formula is C35H22F14N2O6. The molecule has 0 aromatic heterocycles. The maximum absolute atomic E-state index is 15.8. The molecule has 0 aliphatic heterocycles. The van der Waals surface area contributed by atoms with E-state index >= 15 is 35.1 Å². The summed E-state index contributed by atoms with van der Waals surface area (Å²) in [6.45, 7) is 0. The van der Waals surface area contributed by atoms with Gasteiger partial charge in [0.05, 0.1) is 26.4 Å². The fourth-order valence-corrected chi connectivity index (χ4v) is 6.76. The van der Waals surface area contributed by atoms with Crippen LogP contribution in [0.1, 0.15) is 59.1 Å². The number of halogens is 14. The minimum atomic E-state index is -5.92. The van der Waals surface area contributed by atoms with Crippen molar-refractivity contribution in [2.45, 2.75) is 67.1 Å². The van der Waals surface area contributed by atoms with E-state index in [9.17, 15) is 56.8 Å². The summed E-state index contributed by atoms with van der Waals surface area (Å²) in [5.41, 5.74) is -14.3. The number of fused-ring (bicyclic) bond motifs is 3. The second kappa shape index (κ2) is 13.7. The van der Waals surface area contributed by atoms with Gasteiger partial charge in [-0.25, -0.2) is 0 Å². The Hall–Kier alpha value is -5.70. The summed E-state index contributed by atoms with van der Waals surface area (Å²) in [4.78, 5) is 21.2. The monoisotopic (exact) mass is 832 g/mol. The maximum atomic E-state index is 15.8. The molecule has 8 nitrogen and oxygen atoms in total. The van der Waals surface area contributed by atoms with Crippen LogP contribution in [0.4, 0.5) is 72.8 Å². The molecule has 0 heterocycles. The predicted octanol–water partition coefficient (Wildman–Crippen LogP) is 11.4. The van der Waals surface area contributed by atoms with Crippen molar-refractivity contribution >= 4 is 11.4 Å². The van der Waals surface area contributed by atoms with E-state index in [1.807, 2.05) is 0 Å². The number of nitro benzene ring substituents is 2. The number of alkyl halides is 14. The fourth-order valence-electron chi connectivity index (χ4n) is 6.76. The van der Waals surface area contributed by atoms with Gasteiger partial charge in [0.2, 0.25) is 11.5 Å². The number of benzene rings is 4. The molecule has 57 heavy (non-hydrogen) atoms. The quantitative estimate of drug-likeness (QED) is 0.0732. The van der Waals surface area contributed by atoms with Crippen molar-refractivity contribution in [1.82, 2.24) is 0 Å². The first-order valence-corrected chi connectivity index (χ1v) is 15.9. The molecule has 2 N–H and O–H groups in total. The van der Waals surface area contributed by atoms with Crippen molar-refractivity contribution in [3.63, 3.8) is 0 Å². The van der Waals surface area contributed by atoms with Gasteiger partial charge in [0, 0.05) is 37.8 Å². The molecule has 0 saturated heterocycles. The Kier molecular flexibility index (Phi) is 10.2. The highest BCUT2D eigenvalue weighted by molar-refractivity contribution is 5.87. The van der Waals surface area contributed by atoms with Gasteiger partial charge < -0.3 is 10.2 Å². The van der Waals surface area contributed by atoms with Crippen LogP contribution in [0.2, 0.25) is 0 Å². The van der Waals surface area contributed by atoms with E-state index in [1.54, 1.807) is 0 Å². The molecular weight excluding hydrogens is 810 g/mol. The van der Waals surface area contributed by atoms with Crippen LogP contribution in [0, 0.1) is 20.2 Å². The van der Waals surface area contributed by atoms with E-state index in [2.05, 4.69) is 0 Å². The second-order valence-electron chi connectivity index (χ2n) is 12.9. The lowest BCUT2D eigenvalue weighted by Gasteiger charge is -2.36. The van der Waals surface area contributed by atoms with Gasteiger partial charge in [-0.1, -0.05) is 48.5 Å². The molecule has 4 aromatic carbocycles. The summed E-state index contributed by atoms with van der Waals surface area (Å²) in [5, 5.41) is 45.7. The number of hydrogen-bond acceptors (Lipinski definition) is 6. The van der Waals surface area contributed by atoms with E-state index in [0.717, 1.165) is 12.1 Å². The molecule has 5 rings (SSSR count). The van der Waals surface area contributed by atoms with Gasteiger partial charge in [0.15, 0.2) is 0 Å². The summed E-state index contributed by atoms with van der Waals surface area (Å²) < 4.78 is 201. The van der Waals surface area contributed by atoms with Crippen molar-refractivity contribution in [3.8, 4) is 22.6 Å². The first-order valence-electron chi connectivity index (χ1n) is 15.9. The van der Waals surface area contributed by atoms with Crippen LogP contribution in [0.3, 0.4) is 0 Å². The topological polar surface area (TPSA) is 127 Å². The Balaban J connectivity index is 1.97. The zero-order valence-electron chi connectivity index (χ0n) is 28.0. The zero-order valence-corrected chi connectivity index (χ0v) is 28.0. The standard InChI is InChI=1S/C35H22F14N2O6/c36-29(37,9-11-31(40,41)42)34(46,47)23-13-17(15-25(27(23)52)50(54)55)33(21-7-3-1-5-19(21)20-6-2-4-8-22(20)33)18-14-24(28(53)26(16-18)51(56)57)35(48,49)30(38,39)10-12-32(43,44)45/h1-8,13-16,52-53H,9-12H2. The summed E-state index contributed by atoms with van der Waals surface area (Å²) in [6.07, 6.45) is -21.2. The van der Waals surface area contributed by atoms with Gasteiger partial charge >= 0.3 is 47.4 Å². The highest BCUT2D eigenvalue weighted by Crippen LogP contribution is 2.61. The smallest absolute Gasteiger partial charge is 0.389 e. The molecule has 0 spiro atoms. The number of hydrogen-bond donors (Lipinski definition) is 2. The molecule has 0 atom stereocenters. The summed E-state index contributed by atoms with van der Waals surface area (Å²) in [6, 6.07) is 9.98. The number of phenols is 2. The van der Waals surface area contributed by atoms with Crippen molar-refractivity contribution in [2.75, 3.05) is 0 Å². The molecule has 0 unspecified atom stereocenters. The van der Waals surface area contributed by atoms with Gasteiger partial charge in [-0.05, 0) is 45.5 Å². The average Bonchev–Trinajstić information content (AvgIpc) is 3.40. The van der Waals surface area contributed by atoms with Crippen molar-refractivity contribution in [2.24, 2.45) is 0 Å². The highest BCUT2D eigenvalue weighted by atomic mass is 19.4. The van der Waals surface area contributed by atoms with E-state index in [0.29, 0.717) is 0 Å². The van der Waals surface area contributed by atoms with Crippen molar-refractivity contribution < 1.29 is 81.5 Å². The highest BCUT2D eigenvalue weighted by Gasteiger charge is 2.62. The lowest BCUT2D eigenvalue weighted by molar-refractivity contribution is -0.386. The Labute approximate surface area is 309 Å². The first-order chi connectivity index (χ1) is 26.0. The Morgan fingerprint density at radius 1 is 0.509 bits per heavy atom. The van der Waals surface area contributed by atoms with Gasteiger partial charge in [0.1, 0.15) is 0 Å². The van der Waals surface area contributed by atoms with E-state index in [4.69, 9.17) is 0 Å². The molecule has 0 amide bonds. The molecule has 0 saturated carbocycles. The summed E-state index contributed by atoms with van der Waals surface area (Å²) >= 11 is 0. The summed E-state index contributed by atoms with van der Waals surface area (Å²) in [7, 11) is 0. The van der Waals surface area contributed by atoms with Crippen molar-refractivity contribution in [1.29, 1.82) is 0 Å². The second-order valence-corrected chi connectivity index (χ2v) is 12.9. The number of phenolic OH excluding ortho intramolecular Hbond substituents is 2. The molecule has 1 aliphatic rings. The van der Waals surface area contributed by atoms with E-state index in [1.165, 1.54) is 36.4 Å². The van der Waals surface area contributed by atoms with Crippen LogP contribution < -0.4 is 0 Å². The maximum Gasteiger partial charge on any atom is 0.389 e. The van der Waals surface area contributed by atoms with Gasteiger partial charge in [-0.15, -0.1) is 0 Å². The molecule has 306 valence electrons. The van der Waals surface area contributed by atoms with Gasteiger partial charge in [-0.2, -0.15) is 61.5 Å².